The Kier molecular flexibility index (Phi) is 4.61. The van der Waals surface area contributed by atoms with Crippen LogP contribution in [0.4, 0.5) is 0 Å². The van der Waals surface area contributed by atoms with E-state index < -0.39 is 0 Å². The van der Waals surface area contributed by atoms with E-state index in [0.717, 1.165) is 22.4 Å². The SMILES string of the molecule is COc1ccc(-c2ccc(C(N)CN)cc2)cc1OC. The van der Waals surface area contributed by atoms with E-state index in [1.807, 2.05) is 42.5 Å². The third-order valence-corrected chi connectivity index (χ3v) is 3.31. The van der Waals surface area contributed by atoms with Gasteiger partial charge in [-0.05, 0) is 28.8 Å². The third-order valence-electron chi connectivity index (χ3n) is 3.31. The first-order valence-electron chi connectivity index (χ1n) is 6.47. The molecule has 4 nitrogen and oxygen atoms in total. The van der Waals surface area contributed by atoms with Gasteiger partial charge in [0.15, 0.2) is 11.5 Å². The van der Waals surface area contributed by atoms with E-state index in [-0.39, 0.29) is 6.04 Å². The van der Waals surface area contributed by atoms with Crippen LogP contribution in [0.15, 0.2) is 42.5 Å². The van der Waals surface area contributed by atoms with E-state index in [4.69, 9.17) is 20.9 Å². The summed E-state index contributed by atoms with van der Waals surface area (Å²) in [6.45, 7) is 0.440. The first-order valence-corrected chi connectivity index (χ1v) is 6.47. The summed E-state index contributed by atoms with van der Waals surface area (Å²) in [5.41, 5.74) is 14.7. The van der Waals surface area contributed by atoms with Gasteiger partial charge in [0.25, 0.3) is 0 Å². The molecule has 4 N–H and O–H groups in total. The highest BCUT2D eigenvalue weighted by atomic mass is 16.5. The minimum absolute atomic E-state index is 0.116. The van der Waals surface area contributed by atoms with Crippen molar-refractivity contribution in [2.24, 2.45) is 11.5 Å². The lowest BCUT2D eigenvalue weighted by Gasteiger charge is -2.12. The van der Waals surface area contributed by atoms with E-state index in [1.54, 1.807) is 14.2 Å². The maximum Gasteiger partial charge on any atom is 0.161 e. The van der Waals surface area contributed by atoms with E-state index in [1.165, 1.54) is 0 Å². The van der Waals surface area contributed by atoms with Gasteiger partial charge in [0.05, 0.1) is 14.2 Å². The van der Waals surface area contributed by atoms with Gasteiger partial charge in [-0.3, -0.25) is 0 Å². The van der Waals surface area contributed by atoms with Crippen molar-refractivity contribution < 1.29 is 9.47 Å². The van der Waals surface area contributed by atoms with Gasteiger partial charge in [-0.2, -0.15) is 0 Å². The van der Waals surface area contributed by atoms with Crippen molar-refractivity contribution in [3.63, 3.8) is 0 Å². The van der Waals surface area contributed by atoms with Crippen molar-refractivity contribution >= 4 is 0 Å². The average molecular weight is 272 g/mol. The second-order valence-corrected chi connectivity index (χ2v) is 4.53. The van der Waals surface area contributed by atoms with Gasteiger partial charge < -0.3 is 20.9 Å². The number of nitrogens with two attached hydrogens (primary N) is 2. The summed E-state index contributed by atoms with van der Waals surface area (Å²) < 4.78 is 10.6. The zero-order chi connectivity index (χ0) is 14.5. The highest BCUT2D eigenvalue weighted by molar-refractivity contribution is 5.67. The van der Waals surface area contributed by atoms with Crippen LogP contribution in [0.1, 0.15) is 11.6 Å². The molecule has 106 valence electrons. The van der Waals surface area contributed by atoms with Crippen LogP contribution < -0.4 is 20.9 Å². The van der Waals surface area contributed by atoms with Crippen molar-refractivity contribution in [3.05, 3.63) is 48.0 Å². The molecule has 20 heavy (non-hydrogen) atoms. The molecular formula is C16H20N2O2. The van der Waals surface area contributed by atoms with Gasteiger partial charge in [-0.1, -0.05) is 30.3 Å². The molecular weight excluding hydrogens is 252 g/mol. The van der Waals surface area contributed by atoms with Gasteiger partial charge in [0.2, 0.25) is 0 Å². The Morgan fingerprint density at radius 2 is 1.50 bits per heavy atom. The Balaban J connectivity index is 2.32. The summed E-state index contributed by atoms with van der Waals surface area (Å²) in [5.74, 6) is 1.44. The van der Waals surface area contributed by atoms with Gasteiger partial charge in [0, 0.05) is 12.6 Å². The fourth-order valence-electron chi connectivity index (χ4n) is 2.07. The Bertz CT molecular complexity index is 567. The minimum atomic E-state index is -0.116. The molecule has 2 rings (SSSR count). The maximum absolute atomic E-state index is 5.91. The molecule has 0 saturated heterocycles. The molecule has 0 spiro atoms. The highest BCUT2D eigenvalue weighted by Gasteiger charge is 2.07. The summed E-state index contributed by atoms with van der Waals surface area (Å²) in [6.07, 6.45) is 0. The predicted octanol–water partition coefficient (Wildman–Crippen LogP) is 2.33. The Morgan fingerprint density at radius 3 is 2.05 bits per heavy atom. The summed E-state index contributed by atoms with van der Waals surface area (Å²) in [5, 5.41) is 0. The minimum Gasteiger partial charge on any atom is -0.493 e. The largest absolute Gasteiger partial charge is 0.493 e. The molecule has 0 fully saturated rings. The van der Waals surface area contributed by atoms with Gasteiger partial charge >= 0.3 is 0 Å². The van der Waals surface area contributed by atoms with Crippen LogP contribution in [0, 0.1) is 0 Å². The lowest BCUT2D eigenvalue weighted by atomic mass is 10.0. The molecule has 1 atom stereocenters. The monoisotopic (exact) mass is 272 g/mol. The molecule has 0 saturated carbocycles. The topological polar surface area (TPSA) is 70.5 Å². The average Bonchev–Trinajstić information content (AvgIpc) is 2.53. The molecule has 1 unspecified atom stereocenters. The number of hydrogen-bond donors (Lipinski definition) is 2. The molecule has 0 aromatic heterocycles. The summed E-state index contributed by atoms with van der Waals surface area (Å²) in [7, 11) is 3.26. The van der Waals surface area contributed by atoms with Crippen molar-refractivity contribution in [2.45, 2.75) is 6.04 Å². The van der Waals surface area contributed by atoms with E-state index in [0.29, 0.717) is 12.3 Å². The number of methoxy groups -OCH3 is 2. The molecule has 0 amide bonds. The summed E-state index contributed by atoms with van der Waals surface area (Å²) in [4.78, 5) is 0. The molecule has 0 bridgehead atoms. The molecule has 0 aliphatic carbocycles. The van der Waals surface area contributed by atoms with Crippen LogP contribution >= 0.6 is 0 Å². The van der Waals surface area contributed by atoms with Crippen molar-refractivity contribution in [2.75, 3.05) is 20.8 Å². The Morgan fingerprint density at radius 1 is 0.900 bits per heavy atom. The smallest absolute Gasteiger partial charge is 0.161 e. The summed E-state index contributed by atoms with van der Waals surface area (Å²) in [6, 6.07) is 13.8. The molecule has 0 radical (unpaired) electrons. The normalized spacial score (nSPS) is 12.0. The predicted molar refractivity (Wildman–Crippen MR) is 81.0 cm³/mol. The standard InChI is InChI=1S/C16H20N2O2/c1-19-15-8-7-13(9-16(15)20-2)11-3-5-12(6-4-11)14(18)10-17/h3-9,14H,10,17-18H2,1-2H3. The number of hydrogen-bond acceptors (Lipinski definition) is 4. The van der Waals surface area contributed by atoms with Gasteiger partial charge in [0.1, 0.15) is 0 Å². The van der Waals surface area contributed by atoms with Crippen molar-refractivity contribution in [3.8, 4) is 22.6 Å². The molecule has 4 heteroatoms. The first-order chi connectivity index (χ1) is 9.69. The molecule has 2 aromatic rings. The second-order valence-electron chi connectivity index (χ2n) is 4.53. The number of benzene rings is 2. The molecule has 0 aliphatic heterocycles. The Labute approximate surface area is 119 Å². The molecule has 0 heterocycles. The van der Waals surface area contributed by atoms with Crippen LogP contribution in [-0.4, -0.2) is 20.8 Å². The molecule has 0 aliphatic rings. The van der Waals surface area contributed by atoms with E-state index >= 15 is 0 Å². The fourth-order valence-corrected chi connectivity index (χ4v) is 2.07. The van der Waals surface area contributed by atoms with E-state index in [2.05, 4.69) is 0 Å². The van der Waals surface area contributed by atoms with Gasteiger partial charge in [-0.15, -0.1) is 0 Å². The second kappa shape index (κ2) is 6.41. The quantitative estimate of drug-likeness (QED) is 0.876. The third kappa shape index (κ3) is 2.92. The van der Waals surface area contributed by atoms with Gasteiger partial charge in [-0.25, -0.2) is 0 Å². The Hall–Kier alpha value is -2.04. The van der Waals surface area contributed by atoms with Crippen molar-refractivity contribution in [1.82, 2.24) is 0 Å². The zero-order valence-corrected chi connectivity index (χ0v) is 11.8. The highest BCUT2D eigenvalue weighted by Crippen LogP contribution is 2.32. The van der Waals surface area contributed by atoms with Crippen LogP contribution in [-0.2, 0) is 0 Å². The van der Waals surface area contributed by atoms with Crippen LogP contribution in [0.5, 0.6) is 11.5 Å². The van der Waals surface area contributed by atoms with Crippen LogP contribution in [0.2, 0.25) is 0 Å². The maximum atomic E-state index is 5.91. The van der Waals surface area contributed by atoms with Crippen molar-refractivity contribution in [1.29, 1.82) is 0 Å². The number of ether oxygens (including phenoxy) is 2. The zero-order valence-electron chi connectivity index (χ0n) is 11.8. The number of rotatable bonds is 5. The fraction of sp³-hybridized carbons (Fsp3) is 0.250. The van der Waals surface area contributed by atoms with Crippen LogP contribution in [0.25, 0.3) is 11.1 Å². The lowest BCUT2D eigenvalue weighted by molar-refractivity contribution is 0.355. The first kappa shape index (κ1) is 14.4. The van der Waals surface area contributed by atoms with Crippen LogP contribution in [0.3, 0.4) is 0 Å². The molecule has 2 aromatic carbocycles. The summed E-state index contributed by atoms with van der Waals surface area (Å²) >= 11 is 0. The lowest BCUT2D eigenvalue weighted by Crippen LogP contribution is -2.20. The van der Waals surface area contributed by atoms with E-state index in [9.17, 15) is 0 Å².